The Morgan fingerprint density at radius 2 is 1.57 bits per heavy atom. The minimum absolute atomic E-state index is 0.0900. The standard InChI is InChI=1S/C23H20FNO3/c1-15-8-13-21(20(24)14-15)25-23(27)16(2)28-19-11-9-18(10-12-19)22(26)17-6-4-3-5-7-17/h3-14,16H,1-2H3,(H,25,27). The van der Waals surface area contributed by atoms with Crippen molar-refractivity contribution < 1.29 is 18.7 Å². The van der Waals surface area contributed by atoms with E-state index < -0.39 is 17.8 Å². The van der Waals surface area contributed by atoms with Crippen LogP contribution in [0, 0.1) is 12.7 Å². The molecule has 142 valence electrons. The van der Waals surface area contributed by atoms with E-state index in [4.69, 9.17) is 4.74 Å². The normalized spacial score (nSPS) is 11.5. The van der Waals surface area contributed by atoms with Crippen LogP contribution in [0.15, 0.2) is 72.8 Å². The molecule has 0 aliphatic rings. The second kappa shape index (κ2) is 8.48. The number of amides is 1. The van der Waals surface area contributed by atoms with E-state index in [1.807, 2.05) is 18.2 Å². The zero-order valence-electron chi connectivity index (χ0n) is 15.6. The van der Waals surface area contributed by atoms with Crippen LogP contribution in [0.5, 0.6) is 5.75 Å². The lowest BCUT2D eigenvalue weighted by Gasteiger charge is -2.15. The van der Waals surface area contributed by atoms with Gasteiger partial charge in [0.25, 0.3) is 5.91 Å². The number of ketones is 1. The number of anilines is 1. The summed E-state index contributed by atoms with van der Waals surface area (Å²) in [5.74, 6) is -0.610. The number of nitrogens with one attached hydrogen (secondary N) is 1. The van der Waals surface area contributed by atoms with Gasteiger partial charge in [0.15, 0.2) is 11.9 Å². The number of benzene rings is 3. The maximum absolute atomic E-state index is 13.9. The second-order valence-corrected chi connectivity index (χ2v) is 6.45. The van der Waals surface area contributed by atoms with Gasteiger partial charge in [0.05, 0.1) is 5.69 Å². The lowest BCUT2D eigenvalue weighted by atomic mass is 10.0. The minimum Gasteiger partial charge on any atom is -0.481 e. The van der Waals surface area contributed by atoms with Gasteiger partial charge in [-0.05, 0) is 55.8 Å². The SMILES string of the molecule is Cc1ccc(NC(=O)C(C)Oc2ccc(C(=O)c3ccccc3)cc2)c(F)c1. The van der Waals surface area contributed by atoms with Crippen LogP contribution in [0.2, 0.25) is 0 Å². The molecule has 0 spiro atoms. The number of halogens is 1. The molecule has 0 bridgehead atoms. The van der Waals surface area contributed by atoms with Crippen molar-refractivity contribution >= 4 is 17.4 Å². The highest BCUT2D eigenvalue weighted by molar-refractivity contribution is 6.09. The molecule has 1 atom stereocenters. The van der Waals surface area contributed by atoms with E-state index in [0.717, 1.165) is 5.56 Å². The summed E-state index contributed by atoms with van der Waals surface area (Å²) in [5, 5.41) is 2.52. The van der Waals surface area contributed by atoms with Gasteiger partial charge in [0, 0.05) is 11.1 Å². The number of hydrogen-bond acceptors (Lipinski definition) is 3. The number of ether oxygens (including phenoxy) is 1. The average molecular weight is 377 g/mol. The Balaban J connectivity index is 1.63. The molecule has 1 N–H and O–H groups in total. The van der Waals surface area contributed by atoms with Gasteiger partial charge in [-0.3, -0.25) is 9.59 Å². The van der Waals surface area contributed by atoms with Crippen molar-refractivity contribution in [2.45, 2.75) is 20.0 Å². The largest absolute Gasteiger partial charge is 0.481 e. The lowest BCUT2D eigenvalue weighted by Crippen LogP contribution is -2.30. The Labute approximate surface area is 163 Å². The zero-order valence-corrected chi connectivity index (χ0v) is 15.6. The Bertz CT molecular complexity index is 984. The van der Waals surface area contributed by atoms with Crippen LogP contribution in [-0.2, 0) is 4.79 Å². The van der Waals surface area contributed by atoms with Crippen LogP contribution >= 0.6 is 0 Å². The van der Waals surface area contributed by atoms with Gasteiger partial charge in [-0.2, -0.15) is 0 Å². The number of rotatable bonds is 6. The number of hydrogen-bond donors (Lipinski definition) is 1. The smallest absolute Gasteiger partial charge is 0.265 e. The molecule has 5 heteroatoms. The van der Waals surface area contributed by atoms with Gasteiger partial charge >= 0.3 is 0 Å². The van der Waals surface area contributed by atoms with Crippen LogP contribution in [0.4, 0.5) is 10.1 Å². The quantitative estimate of drug-likeness (QED) is 0.630. The van der Waals surface area contributed by atoms with E-state index in [2.05, 4.69) is 5.32 Å². The summed E-state index contributed by atoms with van der Waals surface area (Å²) in [4.78, 5) is 24.7. The highest BCUT2D eigenvalue weighted by atomic mass is 19.1. The highest BCUT2D eigenvalue weighted by Gasteiger charge is 2.17. The van der Waals surface area contributed by atoms with E-state index in [0.29, 0.717) is 16.9 Å². The predicted molar refractivity (Wildman–Crippen MR) is 106 cm³/mol. The molecular formula is C23H20FNO3. The van der Waals surface area contributed by atoms with Crippen molar-refractivity contribution in [1.29, 1.82) is 0 Å². The van der Waals surface area contributed by atoms with Gasteiger partial charge in [-0.1, -0.05) is 36.4 Å². The summed E-state index contributed by atoms with van der Waals surface area (Å²) >= 11 is 0. The lowest BCUT2D eigenvalue weighted by molar-refractivity contribution is -0.122. The Morgan fingerprint density at radius 1 is 0.929 bits per heavy atom. The maximum Gasteiger partial charge on any atom is 0.265 e. The summed E-state index contributed by atoms with van der Waals surface area (Å²) in [7, 11) is 0. The Hall–Kier alpha value is -3.47. The van der Waals surface area contributed by atoms with E-state index in [1.54, 1.807) is 56.3 Å². The van der Waals surface area contributed by atoms with Crippen LogP contribution in [-0.4, -0.2) is 17.8 Å². The summed E-state index contributed by atoms with van der Waals surface area (Å²) < 4.78 is 19.5. The van der Waals surface area contributed by atoms with Crippen molar-refractivity contribution in [3.05, 3.63) is 95.3 Å². The van der Waals surface area contributed by atoms with Crippen molar-refractivity contribution in [1.82, 2.24) is 0 Å². The average Bonchev–Trinajstić information content (AvgIpc) is 2.70. The summed E-state index contributed by atoms with van der Waals surface area (Å²) in [6.45, 7) is 3.34. The van der Waals surface area contributed by atoms with E-state index in [1.165, 1.54) is 12.1 Å². The molecule has 0 saturated carbocycles. The number of aryl methyl sites for hydroxylation is 1. The molecule has 0 aliphatic carbocycles. The summed E-state index contributed by atoms with van der Waals surface area (Å²) in [6.07, 6.45) is -0.837. The second-order valence-electron chi connectivity index (χ2n) is 6.45. The third-order valence-corrected chi connectivity index (χ3v) is 4.22. The highest BCUT2D eigenvalue weighted by Crippen LogP contribution is 2.19. The topological polar surface area (TPSA) is 55.4 Å². The first kappa shape index (κ1) is 19.3. The van der Waals surface area contributed by atoms with Crippen molar-refractivity contribution in [3.8, 4) is 5.75 Å². The van der Waals surface area contributed by atoms with Crippen LogP contribution in [0.1, 0.15) is 28.4 Å². The maximum atomic E-state index is 13.9. The molecule has 0 fully saturated rings. The van der Waals surface area contributed by atoms with Crippen LogP contribution < -0.4 is 10.1 Å². The van der Waals surface area contributed by atoms with E-state index in [9.17, 15) is 14.0 Å². The molecule has 0 aliphatic heterocycles. The third-order valence-electron chi connectivity index (χ3n) is 4.22. The monoisotopic (exact) mass is 377 g/mol. The summed E-state index contributed by atoms with van der Waals surface area (Å²) in [5.41, 5.74) is 2.00. The molecule has 0 radical (unpaired) electrons. The molecule has 3 aromatic rings. The molecule has 0 saturated heterocycles. The summed E-state index contributed by atoms with van der Waals surface area (Å²) in [6, 6.07) is 20.1. The first-order valence-electron chi connectivity index (χ1n) is 8.87. The molecule has 28 heavy (non-hydrogen) atoms. The zero-order chi connectivity index (χ0) is 20.1. The predicted octanol–water partition coefficient (Wildman–Crippen LogP) is 4.77. The minimum atomic E-state index is -0.837. The molecule has 4 nitrogen and oxygen atoms in total. The fourth-order valence-corrected chi connectivity index (χ4v) is 2.65. The number of carbonyl (C=O) groups excluding carboxylic acids is 2. The first-order chi connectivity index (χ1) is 13.4. The van der Waals surface area contributed by atoms with Crippen LogP contribution in [0.3, 0.4) is 0 Å². The van der Waals surface area contributed by atoms with Gasteiger partial charge in [0.1, 0.15) is 11.6 Å². The molecule has 0 aromatic heterocycles. The van der Waals surface area contributed by atoms with Crippen molar-refractivity contribution in [2.24, 2.45) is 0 Å². The molecule has 3 aromatic carbocycles. The van der Waals surface area contributed by atoms with Gasteiger partial charge in [-0.25, -0.2) is 4.39 Å². The van der Waals surface area contributed by atoms with E-state index in [-0.39, 0.29) is 11.5 Å². The van der Waals surface area contributed by atoms with Gasteiger partial charge < -0.3 is 10.1 Å². The molecule has 0 heterocycles. The molecule has 3 rings (SSSR count). The first-order valence-corrected chi connectivity index (χ1v) is 8.87. The fourth-order valence-electron chi connectivity index (χ4n) is 2.65. The van der Waals surface area contributed by atoms with Crippen molar-refractivity contribution in [3.63, 3.8) is 0 Å². The molecule has 1 unspecified atom stereocenters. The van der Waals surface area contributed by atoms with Crippen LogP contribution in [0.25, 0.3) is 0 Å². The fraction of sp³-hybridized carbons (Fsp3) is 0.130. The Morgan fingerprint density at radius 3 is 2.21 bits per heavy atom. The van der Waals surface area contributed by atoms with Crippen molar-refractivity contribution in [2.75, 3.05) is 5.32 Å². The van der Waals surface area contributed by atoms with Gasteiger partial charge in [-0.15, -0.1) is 0 Å². The van der Waals surface area contributed by atoms with Gasteiger partial charge in [0.2, 0.25) is 0 Å². The molecular weight excluding hydrogens is 357 g/mol. The van der Waals surface area contributed by atoms with E-state index >= 15 is 0 Å². The Kier molecular flexibility index (Phi) is 5.84. The number of carbonyl (C=O) groups is 2. The third kappa shape index (κ3) is 4.62. The molecule has 1 amide bonds.